The quantitative estimate of drug-likeness (QED) is 0.923. The third-order valence-electron chi connectivity index (χ3n) is 4.14. The number of hydrogen-bond acceptors (Lipinski definition) is 3. The molecular formula is C18H22N2O2. The molecule has 1 saturated heterocycles. The molecule has 0 spiro atoms. The molecular weight excluding hydrogens is 276 g/mol. The van der Waals surface area contributed by atoms with Crippen molar-refractivity contribution in [1.82, 2.24) is 10.2 Å². The molecule has 0 aliphatic carbocycles. The van der Waals surface area contributed by atoms with Crippen molar-refractivity contribution in [2.75, 3.05) is 13.1 Å². The number of nitrogens with zero attached hydrogens (tertiary/aromatic N) is 1. The molecule has 2 heterocycles. The smallest absolute Gasteiger partial charge is 0.224 e. The van der Waals surface area contributed by atoms with Crippen LogP contribution < -0.4 is 5.32 Å². The maximum absolute atomic E-state index is 12.3. The molecule has 3 rings (SSSR count). The summed E-state index contributed by atoms with van der Waals surface area (Å²) in [5.41, 5.74) is 1.30. The Morgan fingerprint density at radius 2 is 2.09 bits per heavy atom. The number of amides is 1. The minimum atomic E-state index is 0.0763. The van der Waals surface area contributed by atoms with Crippen LogP contribution >= 0.6 is 0 Å². The molecule has 1 aromatic heterocycles. The highest BCUT2D eigenvalue weighted by Gasteiger charge is 2.25. The molecule has 0 radical (unpaired) electrons. The molecule has 4 nitrogen and oxygen atoms in total. The van der Waals surface area contributed by atoms with E-state index in [-0.39, 0.29) is 11.8 Å². The van der Waals surface area contributed by atoms with Gasteiger partial charge >= 0.3 is 0 Å². The summed E-state index contributed by atoms with van der Waals surface area (Å²) in [5.74, 6) is 1.01. The Hall–Kier alpha value is -2.07. The summed E-state index contributed by atoms with van der Waals surface area (Å²) >= 11 is 0. The SMILES string of the molecule is O=C(NCc1ccco1)[C@H]1CCCN(Cc2ccccc2)C1. The largest absolute Gasteiger partial charge is 0.467 e. The van der Waals surface area contributed by atoms with Gasteiger partial charge in [0.1, 0.15) is 5.76 Å². The van der Waals surface area contributed by atoms with Crippen molar-refractivity contribution in [1.29, 1.82) is 0 Å². The zero-order chi connectivity index (χ0) is 15.2. The Bertz CT molecular complexity index is 580. The second kappa shape index (κ2) is 7.27. The van der Waals surface area contributed by atoms with Crippen LogP contribution in [-0.4, -0.2) is 23.9 Å². The fourth-order valence-electron chi connectivity index (χ4n) is 2.99. The maximum atomic E-state index is 12.3. The molecule has 0 saturated carbocycles. The molecule has 1 atom stereocenters. The van der Waals surface area contributed by atoms with Gasteiger partial charge in [0.05, 0.1) is 18.7 Å². The molecule has 1 N–H and O–H groups in total. The summed E-state index contributed by atoms with van der Waals surface area (Å²) in [6, 6.07) is 14.2. The molecule has 116 valence electrons. The normalized spacial score (nSPS) is 19.0. The van der Waals surface area contributed by atoms with Crippen molar-refractivity contribution < 1.29 is 9.21 Å². The van der Waals surface area contributed by atoms with Gasteiger partial charge in [0.2, 0.25) is 5.91 Å². The lowest BCUT2D eigenvalue weighted by atomic mass is 9.96. The van der Waals surface area contributed by atoms with Crippen molar-refractivity contribution in [3.8, 4) is 0 Å². The molecule has 1 aliphatic rings. The average molecular weight is 298 g/mol. The van der Waals surface area contributed by atoms with E-state index in [0.717, 1.165) is 38.2 Å². The summed E-state index contributed by atoms with van der Waals surface area (Å²) in [4.78, 5) is 14.7. The highest BCUT2D eigenvalue weighted by molar-refractivity contribution is 5.78. The van der Waals surface area contributed by atoms with Crippen molar-refractivity contribution in [2.24, 2.45) is 5.92 Å². The van der Waals surface area contributed by atoms with E-state index in [1.807, 2.05) is 18.2 Å². The van der Waals surface area contributed by atoms with Gasteiger partial charge in [0.25, 0.3) is 0 Å². The number of carbonyl (C=O) groups excluding carboxylic acids is 1. The second-order valence-electron chi connectivity index (χ2n) is 5.86. The van der Waals surface area contributed by atoms with E-state index in [0.29, 0.717) is 6.54 Å². The van der Waals surface area contributed by atoms with E-state index in [2.05, 4.69) is 34.5 Å². The minimum Gasteiger partial charge on any atom is -0.467 e. The number of carbonyl (C=O) groups is 1. The standard InChI is InChI=1S/C18H22N2O2/c21-18(19-12-17-9-5-11-22-17)16-8-4-10-20(14-16)13-15-6-2-1-3-7-15/h1-3,5-7,9,11,16H,4,8,10,12-14H2,(H,19,21)/t16-/m0/s1. The van der Waals surface area contributed by atoms with Crippen LogP contribution in [0.2, 0.25) is 0 Å². The third-order valence-corrected chi connectivity index (χ3v) is 4.14. The Morgan fingerprint density at radius 1 is 1.23 bits per heavy atom. The summed E-state index contributed by atoms with van der Waals surface area (Å²) in [7, 11) is 0. The summed E-state index contributed by atoms with van der Waals surface area (Å²) in [6.45, 7) is 3.29. The minimum absolute atomic E-state index is 0.0763. The van der Waals surface area contributed by atoms with Gasteiger partial charge in [-0.25, -0.2) is 0 Å². The van der Waals surface area contributed by atoms with E-state index >= 15 is 0 Å². The van der Waals surface area contributed by atoms with Crippen LogP contribution in [0.3, 0.4) is 0 Å². The zero-order valence-electron chi connectivity index (χ0n) is 12.7. The summed E-state index contributed by atoms with van der Waals surface area (Å²) in [5, 5.41) is 2.98. The van der Waals surface area contributed by atoms with Crippen LogP contribution in [0.15, 0.2) is 53.1 Å². The molecule has 0 unspecified atom stereocenters. The topological polar surface area (TPSA) is 45.5 Å². The predicted octanol–water partition coefficient (Wildman–Crippen LogP) is 2.81. The average Bonchev–Trinajstić information content (AvgIpc) is 3.07. The van der Waals surface area contributed by atoms with Gasteiger partial charge in [-0.1, -0.05) is 30.3 Å². The number of hydrogen-bond donors (Lipinski definition) is 1. The zero-order valence-corrected chi connectivity index (χ0v) is 12.7. The van der Waals surface area contributed by atoms with E-state index in [1.54, 1.807) is 6.26 Å². The number of piperidine rings is 1. The lowest BCUT2D eigenvalue weighted by molar-refractivity contribution is -0.127. The Labute approximate surface area is 131 Å². The monoisotopic (exact) mass is 298 g/mol. The molecule has 2 aromatic rings. The second-order valence-corrected chi connectivity index (χ2v) is 5.86. The number of likely N-dealkylation sites (tertiary alicyclic amines) is 1. The first-order valence-corrected chi connectivity index (χ1v) is 7.87. The van der Waals surface area contributed by atoms with Gasteiger partial charge in [0, 0.05) is 13.1 Å². The van der Waals surface area contributed by atoms with Crippen LogP contribution in [0.5, 0.6) is 0 Å². The first-order chi connectivity index (χ1) is 10.8. The van der Waals surface area contributed by atoms with Crippen molar-refractivity contribution in [3.05, 3.63) is 60.1 Å². The molecule has 1 fully saturated rings. The van der Waals surface area contributed by atoms with Crippen LogP contribution in [-0.2, 0) is 17.9 Å². The number of rotatable bonds is 5. The van der Waals surface area contributed by atoms with Gasteiger partial charge in [0.15, 0.2) is 0 Å². The van der Waals surface area contributed by atoms with Crippen molar-refractivity contribution in [2.45, 2.75) is 25.9 Å². The Morgan fingerprint density at radius 3 is 2.86 bits per heavy atom. The predicted molar refractivity (Wildman–Crippen MR) is 85.0 cm³/mol. The van der Waals surface area contributed by atoms with E-state index in [1.165, 1.54) is 5.56 Å². The number of benzene rings is 1. The fraction of sp³-hybridized carbons (Fsp3) is 0.389. The van der Waals surface area contributed by atoms with E-state index < -0.39 is 0 Å². The molecule has 1 aromatic carbocycles. The number of furan rings is 1. The Balaban J connectivity index is 1.50. The van der Waals surface area contributed by atoms with Crippen molar-refractivity contribution in [3.63, 3.8) is 0 Å². The Kier molecular flexibility index (Phi) is 4.91. The van der Waals surface area contributed by atoms with Gasteiger partial charge in [-0.2, -0.15) is 0 Å². The molecule has 4 heteroatoms. The van der Waals surface area contributed by atoms with Crippen LogP contribution in [0.4, 0.5) is 0 Å². The van der Waals surface area contributed by atoms with E-state index in [9.17, 15) is 4.79 Å². The molecule has 22 heavy (non-hydrogen) atoms. The summed E-state index contributed by atoms with van der Waals surface area (Å²) in [6.07, 6.45) is 3.67. The highest BCUT2D eigenvalue weighted by atomic mass is 16.3. The fourth-order valence-corrected chi connectivity index (χ4v) is 2.99. The summed E-state index contributed by atoms with van der Waals surface area (Å²) < 4.78 is 5.25. The van der Waals surface area contributed by atoms with Gasteiger partial charge < -0.3 is 9.73 Å². The lowest BCUT2D eigenvalue weighted by Crippen LogP contribution is -2.42. The van der Waals surface area contributed by atoms with Crippen LogP contribution in [0.25, 0.3) is 0 Å². The maximum Gasteiger partial charge on any atom is 0.224 e. The van der Waals surface area contributed by atoms with Crippen LogP contribution in [0, 0.1) is 5.92 Å². The lowest BCUT2D eigenvalue weighted by Gasteiger charge is -2.32. The molecule has 1 aliphatic heterocycles. The van der Waals surface area contributed by atoms with Gasteiger partial charge in [-0.05, 0) is 37.1 Å². The van der Waals surface area contributed by atoms with Gasteiger partial charge in [-0.3, -0.25) is 9.69 Å². The van der Waals surface area contributed by atoms with Crippen LogP contribution in [0.1, 0.15) is 24.2 Å². The van der Waals surface area contributed by atoms with Gasteiger partial charge in [-0.15, -0.1) is 0 Å². The molecule has 1 amide bonds. The number of nitrogens with one attached hydrogen (secondary N) is 1. The third kappa shape index (κ3) is 3.98. The van der Waals surface area contributed by atoms with E-state index in [4.69, 9.17) is 4.42 Å². The highest BCUT2D eigenvalue weighted by Crippen LogP contribution is 2.19. The first kappa shape index (κ1) is 14.9. The first-order valence-electron chi connectivity index (χ1n) is 7.87. The molecule has 0 bridgehead atoms. The van der Waals surface area contributed by atoms with Crippen molar-refractivity contribution >= 4 is 5.91 Å².